The monoisotopic (exact) mass is 446 g/mol. The fourth-order valence-corrected chi connectivity index (χ4v) is 4.35. The highest BCUT2D eigenvalue weighted by atomic mass is 16.2. The first-order chi connectivity index (χ1) is 15.4. The average molecular weight is 447 g/mol. The van der Waals surface area contributed by atoms with Gasteiger partial charge in [-0.05, 0) is 25.0 Å². The Morgan fingerprint density at radius 3 is 1.69 bits per heavy atom. The van der Waals surface area contributed by atoms with Gasteiger partial charge in [-0.3, -0.25) is 9.80 Å². The number of hydrazine groups is 1. The van der Waals surface area contributed by atoms with Crippen LogP contribution in [0.2, 0.25) is 0 Å². The quantitative estimate of drug-likeness (QED) is 0.133. The number of carbonyl (C=O) groups is 1. The fourth-order valence-electron chi connectivity index (χ4n) is 4.35. The zero-order valence-corrected chi connectivity index (χ0v) is 22.0. The van der Waals surface area contributed by atoms with E-state index in [4.69, 9.17) is 0 Å². The van der Waals surface area contributed by atoms with Crippen LogP contribution >= 0.6 is 0 Å². The van der Waals surface area contributed by atoms with E-state index in [-0.39, 0.29) is 5.91 Å². The smallest absolute Gasteiger partial charge is 0.268 e. The van der Waals surface area contributed by atoms with Crippen molar-refractivity contribution in [3.8, 4) is 0 Å². The molecule has 32 heavy (non-hydrogen) atoms. The zero-order valence-electron chi connectivity index (χ0n) is 22.0. The Kier molecular flexibility index (Phi) is 15.3. The maximum Gasteiger partial charge on any atom is 0.268 e. The summed E-state index contributed by atoms with van der Waals surface area (Å²) in [6.45, 7) is 5.38. The van der Waals surface area contributed by atoms with Crippen molar-refractivity contribution in [1.82, 2.24) is 10.0 Å². The topological polar surface area (TPSA) is 23.6 Å². The number of nitrogens with zero attached hydrogens (tertiary/aromatic N) is 3. The summed E-state index contributed by atoms with van der Waals surface area (Å²) in [5.74, 6) is 0.0851. The Bertz CT molecular complexity index is 586. The van der Waals surface area contributed by atoms with Crippen molar-refractivity contribution < 1.29 is 9.28 Å². The van der Waals surface area contributed by atoms with Gasteiger partial charge in [0.15, 0.2) is 0 Å². The third-order valence-corrected chi connectivity index (χ3v) is 6.49. The standard InChI is InChI=1S/C28H52N3O/c1-6-7-8-9-10-11-12-13-14-15-16-20-25-31(4,5)26-21-24-30(29(2)3)28(32)27-22-18-17-19-23-27/h17-19,22-23H,6-16,20-21,24-26H2,1-5H3/q+1. The van der Waals surface area contributed by atoms with Gasteiger partial charge in [-0.25, -0.2) is 5.01 Å². The van der Waals surface area contributed by atoms with Crippen LogP contribution in [-0.2, 0) is 0 Å². The number of quaternary nitrogens is 1. The number of hydrogen-bond acceptors (Lipinski definition) is 2. The molecule has 0 aromatic heterocycles. The molecule has 1 aromatic rings. The molecule has 0 spiro atoms. The van der Waals surface area contributed by atoms with E-state index >= 15 is 0 Å². The van der Waals surface area contributed by atoms with Crippen molar-refractivity contribution in [3.05, 3.63) is 35.9 Å². The van der Waals surface area contributed by atoms with Crippen LogP contribution in [0, 0.1) is 0 Å². The van der Waals surface area contributed by atoms with Gasteiger partial charge in [0, 0.05) is 32.6 Å². The van der Waals surface area contributed by atoms with Crippen LogP contribution in [0.5, 0.6) is 0 Å². The molecule has 4 nitrogen and oxygen atoms in total. The number of amides is 1. The molecule has 0 atom stereocenters. The third-order valence-electron chi connectivity index (χ3n) is 6.49. The van der Waals surface area contributed by atoms with Crippen LogP contribution in [0.25, 0.3) is 0 Å². The summed E-state index contributed by atoms with van der Waals surface area (Å²) >= 11 is 0. The number of benzene rings is 1. The summed E-state index contributed by atoms with van der Waals surface area (Å²) in [4.78, 5) is 12.8. The van der Waals surface area contributed by atoms with Crippen molar-refractivity contribution >= 4 is 5.91 Å². The van der Waals surface area contributed by atoms with Gasteiger partial charge in [0.1, 0.15) is 0 Å². The Balaban J connectivity index is 2.14. The van der Waals surface area contributed by atoms with Gasteiger partial charge in [0.25, 0.3) is 5.91 Å². The summed E-state index contributed by atoms with van der Waals surface area (Å²) in [7, 11) is 8.57. The van der Waals surface area contributed by atoms with Crippen LogP contribution in [-0.4, -0.2) is 68.2 Å². The molecule has 0 heterocycles. The summed E-state index contributed by atoms with van der Waals surface area (Å²) in [5.41, 5.74) is 0.756. The van der Waals surface area contributed by atoms with Crippen molar-refractivity contribution in [3.63, 3.8) is 0 Å². The molecule has 0 aliphatic heterocycles. The predicted octanol–water partition coefficient (Wildman–Crippen LogP) is 6.77. The lowest BCUT2D eigenvalue weighted by atomic mass is 10.1. The van der Waals surface area contributed by atoms with Crippen molar-refractivity contribution in [2.75, 3.05) is 47.8 Å². The third kappa shape index (κ3) is 13.2. The molecule has 0 radical (unpaired) electrons. The Morgan fingerprint density at radius 2 is 1.19 bits per heavy atom. The molecule has 1 rings (SSSR count). The van der Waals surface area contributed by atoms with Crippen molar-refractivity contribution in [1.29, 1.82) is 0 Å². The summed E-state index contributed by atoms with van der Waals surface area (Å²) in [6.07, 6.45) is 17.8. The van der Waals surface area contributed by atoms with E-state index in [2.05, 4.69) is 21.0 Å². The van der Waals surface area contributed by atoms with E-state index < -0.39 is 0 Å². The summed E-state index contributed by atoms with van der Waals surface area (Å²) in [6, 6.07) is 9.59. The van der Waals surface area contributed by atoms with Gasteiger partial charge in [-0.2, -0.15) is 0 Å². The molecular formula is C28H52N3O+. The normalized spacial score (nSPS) is 11.8. The average Bonchev–Trinajstić information content (AvgIpc) is 2.77. The highest BCUT2D eigenvalue weighted by molar-refractivity contribution is 5.93. The number of unbranched alkanes of at least 4 members (excludes halogenated alkanes) is 11. The van der Waals surface area contributed by atoms with E-state index in [1.54, 1.807) is 0 Å². The molecule has 0 aliphatic carbocycles. The lowest BCUT2D eigenvalue weighted by Gasteiger charge is -2.33. The van der Waals surface area contributed by atoms with Crippen LogP contribution in [0.3, 0.4) is 0 Å². The molecule has 0 aliphatic rings. The molecule has 0 bridgehead atoms. The van der Waals surface area contributed by atoms with Gasteiger partial charge < -0.3 is 4.48 Å². The lowest BCUT2D eigenvalue weighted by molar-refractivity contribution is -0.890. The van der Waals surface area contributed by atoms with Crippen LogP contribution < -0.4 is 0 Å². The maximum absolute atomic E-state index is 12.8. The predicted molar refractivity (Wildman–Crippen MR) is 139 cm³/mol. The molecule has 0 saturated heterocycles. The molecule has 184 valence electrons. The second kappa shape index (κ2) is 17.1. The Morgan fingerprint density at radius 1 is 0.719 bits per heavy atom. The van der Waals surface area contributed by atoms with Gasteiger partial charge in [-0.15, -0.1) is 0 Å². The first-order valence-electron chi connectivity index (χ1n) is 13.2. The van der Waals surface area contributed by atoms with Gasteiger partial charge >= 0.3 is 0 Å². The Labute approximate surface area is 199 Å². The maximum atomic E-state index is 12.8. The molecular weight excluding hydrogens is 394 g/mol. The van der Waals surface area contributed by atoms with Gasteiger partial charge in [0.05, 0.1) is 27.2 Å². The van der Waals surface area contributed by atoms with Crippen LogP contribution in [0.1, 0.15) is 101 Å². The second-order valence-electron chi connectivity index (χ2n) is 10.3. The van der Waals surface area contributed by atoms with Gasteiger partial charge in [-0.1, -0.05) is 89.3 Å². The molecule has 0 saturated carbocycles. The minimum Gasteiger partial charge on any atom is -0.328 e. The number of rotatable bonds is 19. The minimum absolute atomic E-state index is 0.0851. The lowest BCUT2D eigenvalue weighted by Crippen LogP contribution is -2.46. The molecule has 0 N–H and O–H groups in total. The van der Waals surface area contributed by atoms with E-state index in [9.17, 15) is 4.79 Å². The highest BCUT2D eigenvalue weighted by Crippen LogP contribution is 2.13. The first-order valence-corrected chi connectivity index (χ1v) is 13.2. The summed E-state index contributed by atoms with van der Waals surface area (Å²) in [5, 5.41) is 3.78. The van der Waals surface area contributed by atoms with Gasteiger partial charge in [0.2, 0.25) is 0 Å². The van der Waals surface area contributed by atoms with E-state index in [1.165, 1.54) is 83.6 Å². The fraction of sp³-hybridized carbons (Fsp3) is 0.750. The van der Waals surface area contributed by atoms with Crippen molar-refractivity contribution in [2.45, 2.75) is 90.4 Å². The number of hydrogen-bond donors (Lipinski definition) is 0. The largest absolute Gasteiger partial charge is 0.328 e. The minimum atomic E-state index is 0.0851. The van der Waals surface area contributed by atoms with E-state index in [0.29, 0.717) is 0 Å². The zero-order chi connectivity index (χ0) is 23.7. The van der Waals surface area contributed by atoms with Crippen LogP contribution in [0.15, 0.2) is 30.3 Å². The molecule has 4 heteroatoms. The Hall–Kier alpha value is -1.39. The molecule has 0 unspecified atom stereocenters. The van der Waals surface area contributed by atoms with E-state index in [0.717, 1.165) is 29.6 Å². The van der Waals surface area contributed by atoms with Crippen LogP contribution in [0.4, 0.5) is 0 Å². The first kappa shape index (κ1) is 28.6. The highest BCUT2D eigenvalue weighted by Gasteiger charge is 2.20. The molecule has 1 aromatic carbocycles. The van der Waals surface area contributed by atoms with Crippen molar-refractivity contribution in [2.24, 2.45) is 0 Å². The molecule has 0 fully saturated rings. The van der Waals surface area contributed by atoms with E-state index in [1.807, 2.05) is 54.4 Å². The summed E-state index contributed by atoms with van der Waals surface area (Å²) < 4.78 is 1.04. The molecule has 1 amide bonds. The second-order valence-corrected chi connectivity index (χ2v) is 10.3. The number of carbonyl (C=O) groups excluding carboxylic acids is 1. The SMILES string of the molecule is CCCCCCCCCCCCCC[N+](C)(C)CCCN(C(=O)c1ccccc1)N(C)C.